The van der Waals surface area contributed by atoms with Gasteiger partial charge in [0.2, 0.25) is 0 Å². The second kappa shape index (κ2) is 7.41. The maximum absolute atomic E-state index is 5.39. The van der Waals surface area contributed by atoms with E-state index in [0.29, 0.717) is 6.04 Å². The molecule has 0 amide bonds. The molecule has 2 rings (SSSR count). The number of para-hydroxylation sites is 1. The van der Waals surface area contributed by atoms with Crippen LogP contribution >= 0.6 is 11.3 Å². The fraction of sp³-hybridized carbons (Fsp3) is 0.438. The first-order valence-electron chi connectivity index (χ1n) is 7.01. The van der Waals surface area contributed by atoms with E-state index in [0.717, 1.165) is 30.1 Å². The van der Waals surface area contributed by atoms with Crippen molar-refractivity contribution in [1.82, 2.24) is 10.3 Å². The number of hydrogen-bond donors (Lipinski definition) is 1. The summed E-state index contributed by atoms with van der Waals surface area (Å²) >= 11 is 1.79. The normalized spacial score (nSPS) is 12.3. The zero-order valence-electron chi connectivity index (χ0n) is 12.3. The third-order valence-corrected chi connectivity index (χ3v) is 4.41. The summed E-state index contributed by atoms with van der Waals surface area (Å²) in [7, 11) is 1.72. The minimum Gasteiger partial charge on any atom is -0.496 e. The van der Waals surface area contributed by atoms with Gasteiger partial charge in [-0.2, -0.15) is 0 Å². The van der Waals surface area contributed by atoms with Crippen LogP contribution in [-0.2, 0) is 19.4 Å². The van der Waals surface area contributed by atoms with Crippen LogP contribution in [0.1, 0.15) is 29.3 Å². The molecule has 108 valence electrons. The highest BCUT2D eigenvalue weighted by Gasteiger charge is 2.08. The van der Waals surface area contributed by atoms with Crippen LogP contribution in [0.4, 0.5) is 0 Å². The number of thiazole rings is 1. The van der Waals surface area contributed by atoms with E-state index in [-0.39, 0.29) is 0 Å². The van der Waals surface area contributed by atoms with Crippen LogP contribution in [0.15, 0.2) is 30.5 Å². The van der Waals surface area contributed by atoms with Crippen molar-refractivity contribution < 1.29 is 4.74 Å². The highest BCUT2D eigenvalue weighted by molar-refractivity contribution is 7.11. The molecule has 4 heteroatoms. The molecule has 0 saturated carbocycles. The Bertz CT molecular complexity index is 539. The van der Waals surface area contributed by atoms with Crippen LogP contribution in [0.2, 0.25) is 0 Å². The van der Waals surface area contributed by atoms with Gasteiger partial charge in [0.1, 0.15) is 10.8 Å². The molecule has 20 heavy (non-hydrogen) atoms. The zero-order chi connectivity index (χ0) is 14.4. The van der Waals surface area contributed by atoms with Gasteiger partial charge in [-0.05, 0) is 31.4 Å². The van der Waals surface area contributed by atoms with E-state index in [4.69, 9.17) is 4.74 Å². The SMILES string of the molecule is CCc1cnc(CNC(C)Cc2ccccc2OC)s1. The summed E-state index contributed by atoms with van der Waals surface area (Å²) in [5, 5.41) is 4.69. The Morgan fingerprint density at radius 1 is 1.35 bits per heavy atom. The van der Waals surface area contributed by atoms with Gasteiger partial charge < -0.3 is 10.1 Å². The molecular formula is C16H22N2OS. The van der Waals surface area contributed by atoms with Gasteiger partial charge in [0.25, 0.3) is 0 Å². The summed E-state index contributed by atoms with van der Waals surface area (Å²) in [5.41, 5.74) is 1.24. The Hall–Kier alpha value is -1.39. The lowest BCUT2D eigenvalue weighted by Gasteiger charge is -2.15. The number of aromatic nitrogens is 1. The molecule has 0 bridgehead atoms. The Balaban J connectivity index is 1.87. The molecule has 1 N–H and O–H groups in total. The maximum Gasteiger partial charge on any atom is 0.122 e. The van der Waals surface area contributed by atoms with Crippen molar-refractivity contribution in [3.63, 3.8) is 0 Å². The predicted molar refractivity (Wildman–Crippen MR) is 84.5 cm³/mol. The number of ether oxygens (including phenoxy) is 1. The Labute approximate surface area is 125 Å². The van der Waals surface area contributed by atoms with Crippen molar-refractivity contribution in [2.24, 2.45) is 0 Å². The molecule has 0 saturated heterocycles. The number of hydrogen-bond acceptors (Lipinski definition) is 4. The molecule has 1 aromatic heterocycles. The highest BCUT2D eigenvalue weighted by atomic mass is 32.1. The monoisotopic (exact) mass is 290 g/mol. The molecule has 0 aliphatic heterocycles. The third kappa shape index (κ3) is 4.05. The van der Waals surface area contributed by atoms with Crippen LogP contribution in [-0.4, -0.2) is 18.1 Å². The number of rotatable bonds is 7. The number of benzene rings is 1. The Morgan fingerprint density at radius 2 is 2.15 bits per heavy atom. The molecule has 0 spiro atoms. The minimum atomic E-state index is 0.389. The quantitative estimate of drug-likeness (QED) is 0.848. The average molecular weight is 290 g/mol. The second-order valence-electron chi connectivity index (χ2n) is 4.87. The summed E-state index contributed by atoms with van der Waals surface area (Å²) in [6.07, 6.45) is 4.00. The van der Waals surface area contributed by atoms with Crippen molar-refractivity contribution >= 4 is 11.3 Å². The minimum absolute atomic E-state index is 0.389. The lowest BCUT2D eigenvalue weighted by atomic mass is 10.1. The molecule has 3 nitrogen and oxygen atoms in total. The number of nitrogens with zero attached hydrogens (tertiary/aromatic N) is 1. The molecule has 1 atom stereocenters. The summed E-state index contributed by atoms with van der Waals surface area (Å²) in [6.45, 7) is 5.19. The van der Waals surface area contributed by atoms with Crippen molar-refractivity contribution in [3.8, 4) is 5.75 Å². The van der Waals surface area contributed by atoms with Crippen LogP contribution in [0.5, 0.6) is 5.75 Å². The number of methoxy groups -OCH3 is 1. The van der Waals surface area contributed by atoms with Crippen molar-refractivity contribution in [2.45, 2.75) is 39.3 Å². The zero-order valence-corrected chi connectivity index (χ0v) is 13.2. The smallest absolute Gasteiger partial charge is 0.122 e. The van der Waals surface area contributed by atoms with Gasteiger partial charge in [-0.25, -0.2) is 4.98 Å². The summed E-state index contributed by atoms with van der Waals surface area (Å²) in [4.78, 5) is 5.78. The van der Waals surface area contributed by atoms with E-state index in [1.165, 1.54) is 10.4 Å². The third-order valence-electron chi connectivity index (χ3n) is 3.27. The topological polar surface area (TPSA) is 34.2 Å². The van der Waals surface area contributed by atoms with Gasteiger partial charge in [-0.3, -0.25) is 0 Å². The molecule has 0 aliphatic rings. The number of nitrogens with one attached hydrogen (secondary N) is 1. The summed E-state index contributed by atoms with van der Waals surface area (Å²) < 4.78 is 5.39. The number of aryl methyl sites for hydroxylation is 1. The molecular weight excluding hydrogens is 268 g/mol. The van der Waals surface area contributed by atoms with E-state index in [1.54, 1.807) is 18.4 Å². The molecule has 0 aliphatic carbocycles. The molecule has 1 heterocycles. The maximum atomic E-state index is 5.39. The summed E-state index contributed by atoms with van der Waals surface area (Å²) in [5.74, 6) is 0.962. The largest absolute Gasteiger partial charge is 0.496 e. The van der Waals surface area contributed by atoms with Crippen molar-refractivity contribution in [2.75, 3.05) is 7.11 Å². The van der Waals surface area contributed by atoms with Gasteiger partial charge in [0, 0.05) is 23.7 Å². The molecule has 0 radical (unpaired) electrons. The van der Waals surface area contributed by atoms with Gasteiger partial charge in [-0.15, -0.1) is 11.3 Å². The second-order valence-corrected chi connectivity index (χ2v) is 6.07. The van der Waals surface area contributed by atoms with Crippen molar-refractivity contribution in [1.29, 1.82) is 0 Å². The average Bonchev–Trinajstić information content (AvgIpc) is 2.94. The summed E-state index contributed by atoms with van der Waals surface area (Å²) in [6, 6.07) is 8.58. The molecule has 2 aromatic rings. The molecule has 1 aromatic carbocycles. The van der Waals surface area contributed by atoms with E-state index in [9.17, 15) is 0 Å². The van der Waals surface area contributed by atoms with Crippen molar-refractivity contribution in [3.05, 3.63) is 45.9 Å². The van der Waals surface area contributed by atoms with Gasteiger partial charge in [0.05, 0.1) is 7.11 Å². The Kier molecular flexibility index (Phi) is 5.56. The first-order valence-corrected chi connectivity index (χ1v) is 7.83. The van der Waals surface area contributed by atoms with E-state index in [1.807, 2.05) is 18.3 Å². The van der Waals surface area contributed by atoms with E-state index in [2.05, 4.69) is 36.3 Å². The van der Waals surface area contributed by atoms with Gasteiger partial charge in [-0.1, -0.05) is 25.1 Å². The first kappa shape index (κ1) is 15.0. The van der Waals surface area contributed by atoms with Gasteiger partial charge >= 0.3 is 0 Å². The fourth-order valence-corrected chi connectivity index (χ4v) is 2.94. The highest BCUT2D eigenvalue weighted by Crippen LogP contribution is 2.19. The van der Waals surface area contributed by atoms with Crippen LogP contribution in [0.3, 0.4) is 0 Å². The Morgan fingerprint density at radius 3 is 2.85 bits per heavy atom. The van der Waals surface area contributed by atoms with E-state index >= 15 is 0 Å². The predicted octanol–water partition coefficient (Wildman–Crippen LogP) is 3.43. The lowest BCUT2D eigenvalue weighted by molar-refractivity contribution is 0.406. The van der Waals surface area contributed by atoms with Crippen LogP contribution in [0, 0.1) is 0 Å². The van der Waals surface area contributed by atoms with E-state index < -0.39 is 0 Å². The first-order chi connectivity index (χ1) is 9.72. The molecule has 1 unspecified atom stereocenters. The lowest BCUT2D eigenvalue weighted by Crippen LogP contribution is -2.27. The molecule has 0 fully saturated rings. The standard InChI is InChI=1S/C16H22N2OS/c1-4-14-10-18-16(20-14)11-17-12(2)9-13-7-5-6-8-15(13)19-3/h5-8,10,12,17H,4,9,11H2,1-3H3. The van der Waals surface area contributed by atoms with Crippen LogP contribution < -0.4 is 10.1 Å². The van der Waals surface area contributed by atoms with Crippen LogP contribution in [0.25, 0.3) is 0 Å². The fourth-order valence-electron chi connectivity index (χ4n) is 2.13. The van der Waals surface area contributed by atoms with Gasteiger partial charge in [0.15, 0.2) is 0 Å².